The zero-order chi connectivity index (χ0) is 13.1. The first-order valence-corrected chi connectivity index (χ1v) is 6.38. The van der Waals surface area contributed by atoms with E-state index in [1.165, 1.54) is 6.07 Å². The molecule has 0 radical (unpaired) electrons. The van der Waals surface area contributed by atoms with Gasteiger partial charge >= 0.3 is 0 Å². The van der Waals surface area contributed by atoms with E-state index in [4.69, 9.17) is 5.73 Å². The van der Waals surface area contributed by atoms with Gasteiger partial charge in [-0.15, -0.1) is 0 Å². The van der Waals surface area contributed by atoms with Crippen molar-refractivity contribution >= 4 is 28.3 Å². The normalized spacial score (nSPS) is 10.6. The fourth-order valence-electron chi connectivity index (χ4n) is 1.67. The van der Waals surface area contributed by atoms with E-state index >= 15 is 0 Å². The summed E-state index contributed by atoms with van der Waals surface area (Å²) in [6, 6.07) is 4.76. The van der Waals surface area contributed by atoms with Gasteiger partial charge in [0, 0.05) is 34.5 Å². The molecule has 0 bridgehead atoms. The molecule has 6 nitrogen and oxygen atoms in total. The Bertz CT molecular complexity index is 582. The maximum Gasteiger partial charge on any atom is 0.270 e. The Balaban J connectivity index is 2.44. The second-order valence-electron chi connectivity index (χ2n) is 3.64. The summed E-state index contributed by atoms with van der Waals surface area (Å²) in [4.78, 5) is 14.5. The van der Waals surface area contributed by atoms with Crippen molar-refractivity contribution in [3.8, 4) is 5.69 Å². The van der Waals surface area contributed by atoms with Gasteiger partial charge in [-0.05, 0) is 35.2 Å². The molecule has 0 fully saturated rings. The maximum atomic E-state index is 10.7. The van der Waals surface area contributed by atoms with Gasteiger partial charge < -0.3 is 10.3 Å². The highest BCUT2D eigenvalue weighted by atomic mass is 127. The first kappa shape index (κ1) is 13.0. The maximum absolute atomic E-state index is 10.7. The van der Waals surface area contributed by atoms with Crippen LogP contribution >= 0.6 is 22.6 Å². The molecule has 0 aliphatic heterocycles. The minimum atomic E-state index is -0.402. The molecule has 2 N–H and O–H groups in total. The van der Waals surface area contributed by atoms with Crippen molar-refractivity contribution in [2.75, 3.05) is 6.54 Å². The number of non-ortho nitro benzene ring substituents is 1. The molecule has 0 atom stereocenters. The third-order valence-corrected chi connectivity index (χ3v) is 3.35. The van der Waals surface area contributed by atoms with Crippen LogP contribution in [0.25, 0.3) is 5.69 Å². The van der Waals surface area contributed by atoms with E-state index < -0.39 is 4.92 Å². The Kier molecular flexibility index (Phi) is 3.92. The summed E-state index contributed by atoms with van der Waals surface area (Å²) in [7, 11) is 0. The summed E-state index contributed by atoms with van der Waals surface area (Å²) < 4.78 is 2.70. The highest BCUT2D eigenvalue weighted by Crippen LogP contribution is 2.23. The number of hydrogen-bond donors (Lipinski definition) is 1. The van der Waals surface area contributed by atoms with Crippen LogP contribution in [0.2, 0.25) is 0 Å². The van der Waals surface area contributed by atoms with Crippen molar-refractivity contribution in [3.63, 3.8) is 0 Å². The first-order valence-electron chi connectivity index (χ1n) is 5.30. The lowest BCUT2D eigenvalue weighted by Gasteiger charge is -2.09. The smallest absolute Gasteiger partial charge is 0.270 e. The van der Waals surface area contributed by atoms with Crippen LogP contribution in [0, 0.1) is 13.7 Å². The van der Waals surface area contributed by atoms with Gasteiger partial charge in [-0.25, -0.2) is 4.98 Å². The molecule has 2 rings (SSSR count). The summed E-state index contributed by atoms with van der Waals surface area (Å²) in [5.41, 5.74) is 6.49. The lowest BCUT2D eigenvalue weighted by Crippen LogP contribution is -2.09. The quantitative estimate of drug-likeness (QED) is 0.514. The van der Waals surface area contributed by atoms with E-state index in [0.29, 0.717) is 13.0 Å². The Labute approximate surface area is 117 Å². The van der Waals surface area contributed by atoms with Crippen LogP contribution in [0.5, 0.6) is 0 Å². The topological polar surface area (TPSA) is 87.0 Å². The molecular weight excluding hydrogens is 347 g/mol. The lowest BCUT2D eigenvalue weighted by atomic mass is 10.2. The fourth-order valence-corrected chi connectivity index (χ4v) is 2.43. The summed E-state index contributed by atoms with van der Waals surface area (Å²) in [6.07, 6.45) is 4.19. The van der Waals surface area contributed by atoms with Gasteiger partial charge in [0.1, 0.15) is 5.82 Å². The number of nitro groups is 1. The van der Waals surface area contributed by atoms with Crippen molar-refractivity contribution in [2.24, 2.45) is 5.73 Å². The fraction of sp³-hybridized carbons (Fsp3) is 0.182. The molecule has 0 saturated carbocycles. The molecule has 0 saturated heterocycles. The van der Waals surface area contributed by atoms with Gasteiger partial charge in [0.2, 0.25) is 0 Å². The van der Waals surface area contributed by atoms with Crippen LogP contribution in [0.4, 0.5) is 5.69 Å². The molecule has 94 valence electrons. The van der Waals surface area contributed by atoms with Crippen LogP contribution < -0.4 is 5.73 Å². The average Bonchev–Trinajstić information content (AvgIpc) is 2.77. The van der Waals surface area contributed by atoms with Crippen LogP contribution in [0.15, 0.2) is 30.6 Å². The number of rotatable bonds is 4. The molecule has 2 aromatic rings. The second-order valence-corrected chi connectivity index (χ2v) is 4.81. The highest BCUT2D eigenvalue weighted by molar-refractivity contribution is 14.1. The SMILES string of the molecule is NCCc1nccn1-c1ccc([N+](=O)[O-])cc1I. The van der Waals surface area contributed by atoms with Gasteiger partial charge in [0.25, 0.3) is 5.69 Å². The molecule has 0 spiro atoms. The molecule has 0 amide bonds. The number of halogens is 1. The average molecular weight is 358 g/mol. The summed E-state index contributed by atoms with van der Waals surface area (Å²) >= 11 is 2.08. The van der Waals surface area contributed by atoms with Crippen molar-refractivity contribution in [2.45, 2.75) is 6.42 Å². The zero-order valence-electron chi connectivity index (χ0n) is 9.41. The molecule has 7 heteroatoms. The van der Waals surface area contributed by atoms with Crippen LogP contribution in [0.1, 0.15) is 5.82 Å². The first-order chi connectivity index (χ1) is 8.63. The van der Waals surface area contributed by atoms with Gasteiger partial charge in [-0.3, -0.25) is 10.1 Å². The van der Waals surface area contributed by atoms with Crippen LogP contribution in [-0.4, -0.2) is 21.0 Å². The number of nitrogens with zero attached hydrogens (tertiary/aromatic N) is 3. The number of hydrogen-bond acceptors (Lipinski definition) is 4. The predicted octanol–water partition coefficient (Wildman–Crippen LogP) is 1.89. The number of aromatic nitrogens is 2. The number of benzene rings is 1. The van der Waals surface area contributed by atoms with Crippen LogP contribution in [-0.2, 0) is 6.42 Å². The molecule has 1 aromatic carbocycles. The Morgan fingerprint density at radius 2 is 2.28 bits per heavy atom. The zero-order valence-corrected chi connectivity index (χ0v) is 11.6. The minimum absolute atomic E-state index is 0.0867. The molecule has 1 aromatic heterocycles. The van der Waals surface area contributed by atoms with E-state index in [-0.39, 0.29) is 5.69 Å². The predicted molar refractivity (Wildman–Crippen MR) is 75.7 cm³/mol. The third-order valence-electron chi connectivity index (χ3n) is 2.49. The van der Waals surface area contributed by atoms with Crippen LogP contribution in [0.3, 0.4) is 0 Å². The second kappa shape index (κ2) is 5.44. The largest absolute Gasteiger partial charge is 0.330 e. The molecular formula is C11H11IN4O2. The number of nitrogens with two attached hydrogens (primary N) is 1. The number of nitro benzene ring substituents is 1. The summed E-state index contributed by atoms with van der Waals surface area (Å²) in [6.45, 7) is 0.514. The minimum Gasteiger partial charge on any atom is -0.330 e. The third kappa shape index (κ3) is 2.51. The van der Waals surface area contributed by atoms with Gasteiger partial charge in [0.15, 0.2) is 0 Å². The van der Waals surface area contributed by atoms with Crippen molar-refractivity contribution < 1.29 is 4.92 Å². The summed E-state index contributed by atoms with van der Waals surface area (Å²) in [5.74, 6) is 0.851. The number of imidazole rings is 1. The molecule has 0 aliphatic rings. The highest BCUT2D eigenvalue weighted by Gasteiger charge is 2.12. The van der Waals surface area contributed by atoms with Crippen molar-refractivity contribution in [1.82, 2.24) is 9.55 Å². The van der Waals surface area contributed by atoms with Crippen molar-refractivity contribution in [1.29, 1.82) is 0 Å². The van der Waals surface area contributed by atoms with E-state index in [2.05, 4.69) is 27.6 Å². The Hall–Kier alpha value is -1.48. The van der Waals surface area contributed by atoms with E-state index in [1.807, 2.05) is 10.8 Å². The van der Waals surface area contributed by atoms with Gasteiger partial charge in [-0.1, -0.05) is 0 Å². The van der Waals surface area contributed by atoms with E-state index in [0.717, 1.165) is 15.1 Å². The Morgan fingerprint density at radius 3 is 2.89 bits per heavy atom. The Morgan fingerprint density at radius 1 is 1.50 bits per heavy atom. The lowest BCUT2D eigenvalue weighted by molar-refractivity contribution is -0.384. The standard InChI is InChI=1S/C11H11IN4O2/c12-9-7-8(16(17)18)1-2-10(9)15-6-5-14-11(15)3-4-13/h1-2,5-7H,3-4,13H2. The molecule has 1 heterocycles. The molecule has 0 aliphatic carbocycles. The van der Waals surface area contributed by atoms with E-state index in [9.17, 15) is 10.1 Å². The van der Waals surface area contributed by atoms with Gasteiger partial charge in [-0.2, -0.15) is 0 Å². The molecule has 18 heavy (non-hydrogen) atoms. The monoisotopic (exact) mass is 358 g/mol. The van der Waals surface area contributed by atoms with Gasteiger partial charge in [0.05, 0.1) is 10.6 Å². The summed E-state index contributed by atoms with van der Waals surface area (Å²) in [5, 5.41) is 10.7. The van der Waals surface area contributed by atoms with E-state index in [1.54, 1.807) is 18.3 Å². The molecule has 0 unspecified atom stereocenters. The van der Waals surface area contributed by atoms with Crippen molar-refractivity contribution in [3.05, 3.63) is 50.1 Å².